The number of anilines is 3. The van der Waals surface area contributed by atoms with Gasteiger partial charge >= 0.3 is 0 Å². The number of aromatic nitrogens is 2. The number of nitrogens with zero attached hydrogens (tertiary/aromatic N) is 3. The summed E-state index contributed by atoms with van der Waals surface area (Å²) in [5, 5.41) is 6.10. The van der Waals surface area contributed by atoms with Gasteiger partial charge in [-0.2, -0.15) is 4.31 Å². The van der Waals surface area contributed by atoms with Crippen molar-refractivity contribution < 1.29 is 21.6 Å². The molecule has 0 bridgehead atoms. The molecule has 1 aromatic heterocycles. The average Bonchev–Trinajstić information content (AvgIpc) is 2.85. The van der Waals surface area contributed by atoms with Gasteiger partial charge in [0.1, 0.15) is 0 Å². The predicted octanol–water partition coefficient (Wildman–Crippen LogP) is 2.11. The Morgan fingerprint density at radius 2 is 1.51 bits per heavy atom. The van der Waals surface area contributed by atoms with E-state index in [2.05, 4.69) is 25.3 Å². The zero-order valence-corrected chi connectivity index (χ0v) is 20.7. The summed E-state index contributed by atoms with van der Waals surface area (Å²) in [6.07, 6.45) is 2.86. The highest BCUT2D eigenvalue weighted by atomic mass is 32.2. The highest BCUT2D eigenvalue weighted by Crippen LogP contribution is 2.21. The molecule has 0 aliphatic carbocycles. The zero-order chi connectivity index (χ0) is 24.9. The monoisotopic (exact) mass is 534 g/mol. The lowest BCUT2D eigenvalue weighted by atomic mass is 10.3. The van der Waals surface area contributed by atoms with Gasteiger partial charge in [-0.05, 0) is 60.7 Å². The molecule has 1 aliphatic heterocycles. The maximum Gasteiger partial charge on any atom is 0.264 e. The quantitative estimate of drug-likeness (QED) is 0.386. The number of ether oxygens (including phenoxy) is 1. The lowest BCUT2D eigenvalue weighted by Crippen LogP contribution is -2.40. The van der Waals surface area contributed by atoms with E-state index in [1.165, 1.54) is 41.0 Å². The molecule has 4 rings (SSSR count). The number of hydrogen-bond acceptors (Lipinski definition) is 8. The molecule has 1 saturated heterocycles. The molecule has 2 aromatic carbocycles. The summed E-state index contributed by atoms with van der Waals surface area (Å²) in [5.74, 6) is -0.0297. The average molecular weight is 535 g/mol. The SMILES string of the molecule is O=S(=O)(Nc1ncccn1)c1ccc(NC(=S)Nc2cccc(S(=O)(=O)N3CCOCC3)c2)cc1. The molecule has 184 valence electrons. The minimum atomic E-state index is -3.86. The van der Waals surface area contributed by atoms with Crippen LogP contribution in [0.2, 0.25) is 0 Å². The second-order valence-electron chi connectivity index (χ2n) is 7.33. The molecular formula is C21H22N6O5S3. The summed E-state index contributed by atoms with van der Waals surface area (Å²) in [7, 11) is -7.50. The Morgan fingerprint density at radius 3 is 2.20 bits per heavy atom. The van der Waals surface area contributed by atoms with Crippen LogP contribution in [-0.2, 0) is 24.8 Å². The van der Waals surface area contributed by atoms with Gasteiger partial charge in [0.15, 0.2) is 5.11 Å². The van der Waals surface area contributed by atoms with E-state index in [4.69, 9.17) is 17.0 Å². The van der Waals surface area contributed by atoms with Crippen LogP contribution >= 0.6 is 12.2 Å². The van der Waals surface area contributed by atoms with Gasteiger partial charge in [0.25, 0.3) is 10.0 Å². The molecule has 0 spiro atoms. The molecule has 0 atom stereocenters. The van der Waals surface area contributed by atoms with Gasteiger partial charge in [0.05, 0.1) is 23.0 Å². The summed E-state index contributed by atoms with van der Waals surface area (Å²) in [6, 6.07) is 13.8. The van der Waals surface area contributed by atoms with Crippen molar-refractivity contribution in [1.82, 2.24) is 14.3 Å². The smallest absolute Gasteiger partial charge is 0.264 e. The fourth-order valence-corrected chi connectivity index (χ4v) is 5.86. The standard InChI is InChI=1S/C21H22N6O5S3/c28-34(29,26-20-22-9-2-10-23-20)18-7-5-16(6-8-18)24-21(33)25-17-3-1-4-19(15-17)35(30,31)27-11-13-32-14-12-27/h1-10,15H,11-14H2,(H,22,23,26)(H2,24,25,33). The lowest BCUT2D eigenvalue weighted by Gasteiger charge is -2.26. The van der Waals surface area contributed by atoms with E-state index in [-0.39, 0.29) is 20.9 Å². The normalized spacial score (nSPS) is 14.7. The Balaban J connectivity index is 1.39. The Kier molecular flexibility index (Phi) is 7.57. The van der Waals surface area contributed by atoms with E-state index in [0.29, 0.717) is 37.7 Å². The summed E-state index contributed by atoms with van der Waals surface area (Å²) in [6.45, 7) is 1.34. The second kappa shape index (κ2) is 10.6. The van der Waals surface area contributed by atoms with Gasteiger partial charge < -0.3 is 15.4 Å². The largest absolute Gasteiger partial charge is 0.379 e. The second-order valence-corrected chi connectivity index (χ2v) is 11.4. The Morgan fingerprint density at radius 1 is 0.857 bits per heavy atom. The number of nitrogens with one attached hydrogen (secondary N) is 3. The van der Waals surface area contributed by atoms with Crippen LogP contribution in [0.25, 0.3) is 0 Å². The van der Waals surface area contributed by atoms with Crippen molar-refractivity contribution in [1.29, 1.82) is 0 Å². The van der Waals surface area contributed by atoms with Gasteiger partial charge in [-0.15, -0.1) is 0 Å². The van der Waals surface area contributed by atoms with E-state index in [1.54, 1.807) is 30.3 Å². The van der Waals surface area contributed by atoms with Crippen LogP contribution in [0, 0.1) is 0 Å². The molecule has 0 unspecified atom stereocenters. The van der Waals surface area contributed by atoms with Crippen LogP contribution in [0.15, 0.2) is 76.8 Å². The molecule has 1 fully saturated rings. The molecule has 3 aromatic rings. The molecular weight excluding hydrogens is 512 g/mol. The number of benzene rings is 2. The Hall–Kier alpha value is -3.17. The van der Waals surface area contributed by atoms with Crippen molar-refractivity contribution in [3.05, 3.63) is 67.0 Å². The zero-order valence-electron chi connectivity index (χ0n) is 18.3. The molecule has 0 amide bonds. The van der Waals surface area contributed by atoms with Gasteiger partial charge in [-0.3, -0.25) is 0 Å². The summed E-state index contributed by atoms with van der Waals surface area (Å²) in [5.41, 5.74) is 1.03. The van der Waals surface area contributed by atoms with E-state index in [9.17, 15) is 16.8 Å². The fraction of sp³-hybridized carbons (Fsp3) is 0.190. The third kappa shape index (κ3) is 6.29. The van der Waals surface area contributed by atoms with Gasteiger partial charge in [-0.25, -0.2) is 31.5 Å². The third-order valence-corrected chi connectivity index (χ3v) is 8.36. The number of morpholine rings is 1. The molecule has 35 heavy (non-hydrogen) atoms. The van der Waals surface area contributed by atoms with Crippen LogP contribution in [0.3, 0.4) is 0 Å². The first-order valence-electron chi connectivity index (χ1n) is 10.4. The highest BCUT2D eigenvalue weighted by Gasteiger charge is 2.26. The molecule has 0 saturated carbocycles. The molecule has 1 aliphatic rings. The predicted molar refractivity (Wildman–Crippen MR) is 135 cm³/mol. The van der Waals surface area contributed by atoms with Crippen LogP contribution < -0.4 is 15.4 Å². The third-order valence-electron chi connectivity index (χ3n) is 4.91. The van der Waals surface area contributed by atoms with E-state index < -0.39 is 20.0 Å². The lowest BCUT2D eigenvalue weighted by molar-refractivity contribution is 0.0730. The molecule has 0 radical (unpaired) electrons. The summed E-state index contributed by atoms with van der Waals surface area (Å²) >= 11 is 5.33. The van der Waals surface area contributed by atoms with E-state index in [0.717, 1.165) is 0 Å². The van der Waals surface area contributed by atoms with Crippen LogP contribution in [-0.4, -0.2) is 62.5 Å². The van der Waals surface area contributed by atoms with Gasteiger partial charge in [0, 0.05) is 36.9 Å². The minimum absolute atomic E-state index is 0.0235. The van der Waals surface area contributed by atoms with Crippen LogP contribution in [0.1, 0.15) is 0 Å². The first kappa shape index (κ1) is 24.9. The number of hydrogen-bond donors (Lipinski definition) is 3. The van der Waals surface area contributed by atoms with Crippen LogP contribution in [0.5, 0.6) is 0 Å². The fourth-order valence-electron chi connectivity index (χ4n) is 3.21. The van der Waals surface area contributed by atoms with Crippen molar-refractivity contribution >= 4 is 54.7 Å². The maximum absolute atomic E-state index is 12.9. The van der Waals surface area contributed by atoms with E-state index >= 15 is 0 Å². The Labute approximate surface area is 208 Å². The van der Waals surface area contributed by atoms with Crippen molar-refractivity contribution in [2.24, 2.45) is 0 Å². The van der Waals surface area contributed by atoms with Crippen molar-refractivity contribution in [3.63, 3.8) is 0 Å². The highest BCUT2D eigenvalue weighted by molar-refractivity contribution is 7.92. The first-order chi connectivity index (χ1) is 16.7. The summed E-state index contributed by atoms with van der Waals surface area (Å²) in [4.78, 5) is 7.87. The van der Waals surface area contributed by atoms with Gasteiger partial charge in [-0.1, -0.05) is 6.07 Å². The van der Waals surface area contributed by atoms with Gasteiger partial charge in [0.2, 0.25) is 16.0 Å². The maximum atomic E-state index is 12.9. The molecule has 2 heterocycles. The number of thiocarbonyl (C=S) groups is 1. The van der Waals surface area contributed by atoms with Crippen molar-refractivity contribution in [2.75, 3.05) is 41.7 Å². The number of sulfonamides is 2. The van der Waals surface area contributed by atoms with Crippen molar-refractivity contribution in [2.45, 2.75) is 9.79 Å². The Bertz CT molecular complexity index is 1390. The summed E-state index contributed by atoms with van der Waals surface area (Å²) < 4.78 is 59.7. The molecule has 3 N–H and O–H groups in total. The molecule has 14 heteroatoms. The van der Waals surface area contributed by atoms with Crippen molar-refractivity contribution in [3.8, 4) is 0 Å². The first-order valence-corrected chi connectivity index (χ1v) is 13.7. The van der Waals surface area contributed by atoms with E-state index in [1.807, 2.05) is 0 Å². The minimum Gasteiger partial charge on any atom is -0.379 e. The number of rotatable bonds is 7. The molecule has 11 nitrogen and oxygen atoms in total. The van der Waals surface area contributed by atoms with Crippen LogP contribution in [0.4, 0.5) is 17.3 Å². The topological polar surface area (TPSA) is 143 Å².